The zero-order valence-electron chi connectivity index (χ0n) is 9.25. The first-order valence-corrected chi connectivity index (χ1v) is 6.47. The molecule has 0 atom stereocenters. The van der Waals surface area contributed by atoms with Crippen LogP contribution in [0.3, 0.4) is 0 Å². The van der Waals surface area contributed by atoms with E-state index in [-0.39, 0.29) is 5.54 Å². The van der Waals surface area contributed by atoms with Gasteiger partial charge in [0.05, 0.1) is 0 Å². The number of nitrogens with two attached hydrogens (primary N) is 1. The largest absolute Gasteiger partial charge is 0.324 e. The van der Waals surface area contributed by atoms with Crippen LogP contribution in [0.15, 0.2) is 6.20 Å². The van der Waals surface area contributed by atoms with E-state index in [4.69, 9.17) is 5.73 Å². The van der Waals surface area contributed by atoms with Gasteiger partial charge in [-0.3, -0.25) is 0 Å². The lowest BCUT2D eigenvalue weighted by Gasteiger charge is -2.38. The molecule has 1 heterocycles. The van der Waals surface area contributed by atoms with Crippen molar-refractivity contribution in [2.75, 3.05) is 6.54 Å². The minimum atomic E-state index is 0.0743. The molecule has 1 aromatic rings. The number of aromatic nitrogens is 1. The van der Waals surface area contributed by atoms with Crippen molar-refractivity contribution in [3.63, 3.8) is 0 Å². The van der Waals surface area contributed by atoms with Crippen molar-refractivity contribution in [2.24, 2.45) is 5.73 Å². The van der Waals surface area contributed by atoms with E-state index in [2.05, 4.69) is 17.2 Å². The number of aryl methyl sites for hydroxylation is 1. The number of hydrogen-bond donors (Lipinski definition) is 2. The second kappa shape index (κ2) is 4.60. The molecule has 1 fully saturated rings. The zero-order chi connectivity index (χ0) is 10.7. The van der Waals surface area contributed by atoms with Crippen LogP contribution in [0.4, 0.5) is 0 Å². The van der Waals surface area contributed by atoms with Crippen LogP contribution in [-0.2, 0) is 13.0 Å². The molecule has 0 radical (unpaired) electrons. The van der Waals surface area contributed by atoms with Gasteiger partial charge in [-0.05, 0) is 25.7 Å². The topological polar surface area (TPSA) is 50.9 Å². The second-order valence-electron chi connectivity index (χ2n) is 4.39. The summed E-state index contributed by atoms with van der Waals surface area (Å²) < 4.78 is 0. The van der Waals surface area contributed by atoms with E-state index in [1.807, 2.05) is 6.20 Å². The van der Waals surface area contributed by atoms with Gasteiger partial charge in [-0.1, -0.05) is 6.92 Å². The molecule has 0 spiro atoms. The van der Waals surface area contributed by atoms with E-state index >= 15 is 0 Å². The molecule has 15 heavy (non-hydrogen) atoms. The van der Waals surface area contributed by atoms with Gasteiger partial charge in [-0.15, -0.1) is 11.3 Å². The molecule has 1 saturated carbocycles. The average molecular weight is 225 g/mol. The smallest absolute Gasteiger partial charge is 0.107 e. The van der Waals surface area contributed by atoms with Crippen LogP contribution < -0.4 is 11.1 Å². The van der Waals surface area contributed by atoms with Crippen LogP contribution in [0.1, 0.15) is 36.1 Å². The first-order valence-electron chi connectivity index (χ1n) is 5.65. The van der Waals surface area contributed by atoms with E-state index in [1.54, 1.807) is 11.3 Å². The molecule has 2 rings (SSSR count). The summed E-state index contributed by atoms with van der Waals surface area (Å²) in [6, 6.07) is 0. The Morgan fingerprint density at radius 1 is 1.60 bits per heavy atom. The van der Waals surface area contributed by atoms with Gasteiger partial charge >= 0.3 is 0 Å². The van der Waals surface area contributed by atoms with Crippen molar-refractivity contribution in [1.82, 2.24) is 10.3 Å². The van der Waals surface area contributed by atoms with E-state index in [9.17, 15) is 0 Å². The van der Waals surface area contributed by atoms with Gasteiger partial charge < -0.3 is 11.1 Å². The normalized spacial score (nSPS) is 18.8. The maximum Gasteiger partial charge on any atom is 0.107 e. The highest BCUT2D eigenvalue weighted by molar-refractivity contribution is 7.11. The molecule has 0 saturated heterocycles. The molecule has 0 unspecified atom stereocenters. The molecular formula is C11H19N3S. The number of nitrogens with zero attached hydrogens (tertiary/aromatic N) is 1. The Balaban J connectivity index is 1.73. The SMILES string of the molecule is CCc1cnc(CNCC2(N)CCC2)s1. The zero-order valence-corrected chi connectivity index (χ0v) is 10.1. The van der Waals surface area contributed by atoms with Crippen molar-refractivity contribution < 1.29 is 0 Å². The number of nitrogens with one attached hydrogen (secondary N) is 1. The predicted octanol–water partition coefficient (Wildman–Crippen LogP) is 1.68. The summed E-state index contributed by atoms with van der Waals surface area (Å²) in [4.78, 5) is 5.72. The maximum atomic E-state index is 6.12. The van der Waals surface area contributed by atoms with Crippen molar-refractivity contribution in [3.8, 4) is 0 Å². The third-order valence-electron chi connectivity index (χ3n) is 3.05. The Morgan fingerprint density at radius 3 is 2.93 bits per heavy atom. The minimum absolute atomic E-state index is 0.0743. The van der Waals surface area contributed by atoms with Gasteiger partial charge in [-0.25, -0.2) is 4.98 Å². The summed E-state index contributed by atoms with van der Waals surface area (Å²) in [6.45, 7) is 3.95. The summed E-state index contributed by atoms with van der Waals surface area (Å²) in [5, 5.41) is 4.58. The van der Waals surface area contributed by atoms with E-state index in [1.165, 1.54) is 16.3 Å². The van der Waals surface area contributed by atoms with E-state index < -0.39 is 0 Å². The summed E-state index contributed by atoms with van der Waals surface area (Å²) >= 11 is 1.79. The van der Waals surface area contributed by atoms with Crippen LogP contribution in [0.5, 0.6) is 0 Å². The maximum absolute atomic E-state index is 6.12. The van der Waals surface area contributed by atoms with Gasteiger partial charge in [0, 0.05) is 29.7 Å². The van der Waals surface area contributed by atoms with Crippen molar-refractivity contribution in [2.45, 2.75) is 44.7 Å². The van der Waals surface area contributed by atoms with Crippen molar-refractivity contribution in [1.29, 1.82) is 0 Å². The Morgan fingerprint density at radius 2 is 2.40 bits per heavy atom. The summed E-state index contributed by atoms with van der Waals surface area (Å²) in [5.41, 5.74) is 6.19. The van der Waals surface area contributed by atoms with Gasteiger partial charge in [0.15, 0.2) is 0 Å². The third-order valence-corrected chi connectivity index (χ3v) is 4.19. The Bertz CT molecular complexity index is 317. The van der Waals surface area contributed by atoms with Crippen LogP contribution in [0.25, 0.3) is 0 Å². The standard InChI is InChI=1S/C11H19N3S/c1-2-9-6-14-10(15-9)7-13-8-11(12)4-3-5-11/h6,13H,2-5,7-8,12H2,1H3. The predicted molar refractivity (Wildman–Crippen MR) is 64.0 cm³/mol. The summed E-state index contributed by atoms with van der Waals surface area (Å²) in [6.07, 6.45) is 6.67. The molecule has 0 bridgehead atoms. The van der Waals surface area contributed by atoms with Crippen LogP contribution in [-0.4, -0.2) is 17.1 Å². The number of thiazole rings is 1. The van der Waals surface area contributed by atoms with Crippen LogP contribution in [0.2, 0.25) is 0 Å². The van der Waals surface area contributed by atoms with Crippen LogP contribution >= 0.6 is 11.3 Å². The monoisotopic (exact) mass is 225 g/mol. The fourth-order valence-electron chi connectivity index (χ4n) is 1.82. The van der Waals surface area contributed by atoms with Crippen molar-refractivity contribution >= 4 is 11.3 Å². The van der Waals surface area contributed by atoms with Gasteiger partial charge in [0.1, 0.15) is 5.01 Å². The quantitative estimate of drug-likeness (QED) is 0.801. The third kappa shape index (κ3) is 2.77. The Hall–Kier alpha value is -0.450. The second-order valence-corrected chi connectivity index (χ2v) is 5.59. The molecule has 0 aliphatic heterocycles. The molecule has 1 aliphatic rings. The number of rotatable bonds is 5. The fourth-order valence-corrected chi connectivity index (χ4v) is 2.65. The van der Waals surface area contributed by atoms with Crippen LogP contribution in [0, 0.1) is 0 Å². The van der Waals surface area contributed by atoms with E-state index in [0.717, 1.165) is 32.4 Å². The Kier molecular flexibility index (Phi) is 3.38. The molecular weight excluding hydrogens is 206 g/mol. The van der Waals surface area contributed by atoms with E-state index in [0.29, 0.717) is 0 Å². The first kappa shape index (κ1) is 11.0. The molecule has 0 aromatic carbocycles. The molecule has 1 aliphatic carbocycles. The Labute approximate surface area is 95.1 Å². The highest BCUT2D eigenvalue weighted by atomic mass is 32.1. The molecule has 3 nitrogen and oxygen atoms in total. The van der Waals surface area contributed by atoms with Gasteiger partial charge in [0.2, 0.25) is 0 Å². The first-order chi connectivity index (χ1) is 7.22. The van der Waals surface area contributed by atoms with Gasteiger partial charge in [-0.2, -0.15) is 0 Å². The molecule has 84 valence electrons. The molecule has 3 N–H and O–H groups in total. The fraction of sp³-hybridized carbons (Fsp3) is 0.727. The van der Waals surface area contributed by atoms with Gasteiger partial charge in [0.25, 0.3) is 0 Å². The average Bonchev–Trinajstić information content (AvgIpc) is 2.63. The minimum Gasteiger partial charge on any atom is -0.324 e. The summed E-state index contributed by atoms with van der Waals surface area (Å²) in [7, 11) is 0. The molecule has 1 aromatic heterocycles. The summed E-state index contributed by atoms with van der Waals surface area (Å²) in [5.74, 6) is 0. The van der Waals surface area contributed by atoms with Crippen molar-refractivity contribution in [3.05, 3.63) is 16.1 Å². The molecule has 4 heteroatoms. The lowest BCUT2D eigenvalue weighted by atomic mass is 9.78. The highest BCUT2D eigenvalue weighted by Gasteiger charge is 2.31. The highest BCUT2D eigenvalue weighted by Crippen LogP contribution is 2.28. The lowest BCUT2D eigenvalue weighted by Crippen LogP contribution is -2.53. The number of hydrogen-bond acceptors (Lipinski definition) is 4. The molecule has 0 amide bonds. The lowest BCUT2D eigenvalue weighted by molar-refractivity contribution is 0.239.